The van der Waals surface area contributed by atoms with Crippen molar-refractivity contribution >= 4 is 39.1 Å². The minimum absolute atomic E-state index is 0.0559. The van der Waals surface area contributed by atoms with Crippen molar-refractivity contribution in [3.8, 4) is 0 Å². The molecule has 0 saturated heterocycles. The van der Waals surface area contributed by atoms with Crippen LogP contribution in [0.15, 0.2) is 35.7 Å². The van der Waals surface area contributed by atoms with Gasteiger partial charge in [-0.15, -0.1) is 11.3 Å². The molecule has 2 amide bonds. The van der Waals surface area contributed by atoms with E-state index in [0.29, 0.717) is 12.2 Å². The van der Waals surface area contributed by atoms with Gasteiger partial charge < -0.3 is 9.88 Å². The summed E-state index contributed by atoms with van der Waals surface area (Å²) in [6.07, 6.45) is 6.81. The average Bonchev–Trinajstić information content (AvgIpc) is 3.22. The molecular formula is C26H31N3O2S. The van der Waals surface area contributed by atoms with Crippen LogP contribution in [-0.4, -0.2) is 28.0 Å². The highest BCUT2D eigenvalue weighted by Crippen LogP contribution is 2.38. The standard InChI is InChI=1S/C26H31N3O2S/c1-17-12-18(2)14-20(13-17)29-24(30)22-15-23-21(10-11-32-23)28(22)16-26(29,3)25(31)27-19-8-6-4-5-7-9-19/h10-15,19H,4-9,16H2,1-3H3,(H,27,31). The van der Waals surface area contributed by atoms with E-state index >= 15 is 0 Å². The highest BCUT2D eigenvalue weighted by atomic mass is 32.1. The highest BCUT2D eigenvalue weighted by molar-refractivity contribution is 7.17. The number of fused-ring (bicyclic) bond motifs is 3. The van der Waals surface area contributed by atoms with Crippen LogP contribution < -0.4 is 10.2 Å². The zero-order valence-corrected chi connectivity index (χ0v) is 19.9. The first-order valence-electron chi connectivity index (χ1n) is 11.7. The lowest BCUT2D eigenvalue weighted by Crippen LogP contribution is -2.65. The van der Waals surface area contributed by atoms with Crippen LogP contribution in [0.1, 0.15) is 67.1 Å². The Morgan fingerprint density at radius 1 is 1.06 bits per heavy atom. The molecule has 3 aromatic rings. The molecule has 2 aliphatic rings. The second kappa shape index (κ2) is 8.07. The average molecular weight is 450 g/mol. The third-order valence-corrected chi connectivity index (χ3v) is 7.90. The number of nitrogens with one attached hydrogen (secondary N) is 1. The molecule has 5 rings (SSSR count). The Morgan fingerprint density at radius 3 is 2.44 bits per heavy atom. The molecule has 1 unspecified atom stereocenters. The molecule has 1 aliphatic heterocycles. The molecule has 1 aliphatic carbocycles. The van der Waals surface area contributed by atoms with Crippen molar-refractivity contribution in [1.82, 2.24) is 9.88 Å². The Morgan fingerprint density at radius 2 is 1.75 bits per heavy atom. The van der Waals surface area contributed by atoms with Gasteiger partial charge in [-0.2, -0.15) is 0 Å². The lowest BCUT2D eigenvalue weighted by Gasteiger charge is -2.44. The Labute approximate surface area is 193 Å². The predicted octanol–water partition coefficient (Wildman–Crippen LogP) is 5.58. The molecule has 1 fully saturated rings. The quantitative estimate of drug-likeness (QED) is 0.531. The summed E-state index contributed by atoms with van der Waals surface area (Å²) in [6.45, 7) is 6.44. The molecule has 0 bridgehead atoms. The second-order valence-corrected chi connectivity index (χ2v) is 10.7. The molecule has 6 heteroatoms. The fraction of sp³-hybridized carbons (Fsp3) is 0.462. The maximum absolute atomic E-state index is 13.9. The Balaban J connectivity index is 1.60. The molecular weight excluding hydrogens is 418 g/mol. The maximum Gasteiger partial charge on any atom is 0.275 e. The van der Waals surface area contributed by atoms with Crippen LogP contribution in [0.25, 0.3) is 10.2 Å². The zero-order valence-electron chi connectivity index (χ0n) is 19.1. The highest BCUT2D eigenvalue weighted by Gasteiger charge is 2.49. The molecule has 5 nitrogen and oxygen atoms in total. The molecule has 168 valence electrons. The van der Waals surface area contributed by atoms with Crippen molar-refractivity contribution in [3.05, 3.63) is 52.5 Å². The van der Waals surface area contributed by atoms with Crippen LogP contribution in [0.2, 0.25) is 0 Å². The summed E-state index contributed by atoms with van der Waals surface area (Å²) in [7, 11) is 0. The first-order chi connectivity index (χ1) is 15.4. The largest absolute Gasteiger partial charge is 0.351 e. The number of thiophene rings is 1. The molecule has 1 atom stereocenters. The van der Waals surface area contributed by atoms with Gasteiger partial charge in [0.1, 0.15) is 11.2 Å². The van der Waals surface area contributed by atoms with E-state index in [0.717, 1.165) is 52.7 Å². The Kier molecular flexibility index (Phi) is 5.36. The number of anilines is 1. The van der Waals surface area contributed by atoms with Crippen molar-refractivity contribution in [3.63, 3.8) is 0 Å². The minimum atomic E-state index is -1.01. The molecule has 1 saturated carbocycles. The Bertz CT molecular complexity index is 1160. The van der Waals surface area contributed by atoms with Gasteiger partial charge in [0.25, 0.3) is 5.91 Å². The number of aromatic nitrogens is 1. The van der Waals surface area contributed by atoms with E-state index in [9.17, 15) is 9.59 Å². The fourth-order valence-corrected chi connectivity index (χ4v) is 6.28. The monoisotopic (exact) mass is 449 g/mol. The molecule has 1 N–H and O–H groups in total. The van der Waals surface area contributed by atoms with Crippen molar-refractivity contribution in [2.24, 2.45) is 0 Å². The fourth-order valence-electron chi connectivity index (χ4n) is 5.46. The number of hydrogen-bond acceptors (Lipinski definition) is 3. The number of amides is 2. The van der Waals surface area contributed by atoms with Crippen molar-refractivity contribution < 1.29 is 9.59 Å². The Hall–Kier alpha value is -2.60. The lowest BCUT2D eigenvalue weighted by molar-refractivity contribution is -0.127. The summed E-state index contributed by atoms with van der Waals surface area (Å²) in [4.78, 5) is 29.5. The number of nitrogens with zero attached hydrogens (tertiary/aromatic N) is 2. The molecule has 0 radical (unpaired) electrons. The van der Waals surface area contributed by atoms with Crippen LogP contribution in [0.4, 0.5) is 5.69 Å². The third-order valence-electron chi connectivity index (χ3n) is 7.05. The number of hydrogen-bond donors (Lipinski definition) is 1. The summed E-state index contributed by atoms with van der Waals surface area (Å²) in [5.41, 5.74) is 3.65. The third kappa shape index (κ3) is 3.54. The SMILES string of the molecule is Cc1cc(C)cc(N2C(=O)c3cc4sccc4n3CC2(C)C(=O)NC2CCCCCC2)c1. The van der Waals surface area contributed by atoms with Gasteiger partial charge >= 0.3 is 0 Å². The first kappa shape index (κ1) is 21.3. The molecule has 2 aromatic heterocycles. The van der Waals surface area contributed by atoms with Gasteiger partial charge in [0, 0.05) is 11.7 Å². The van der Waals surface area contributed by atoms with E-state index in [1.807, 2.05) is 55.0 Å². The normalized spacial score (nSPS) is 22.1. The van der Waals surface area contributed by atoms with Gasteiger partial charge in [-0.1, -0.05) is 31.7 Å². The number of aryl methyl sites for hydroxylation is 2. The van der Waals surface area contributed by atoms with Crippen LogP contribution in [0.3, 0.4) is 0 Å². The van der Waals surface area contributed by atoms with E-state index < -0.39 is 5.54 Å². The topological polar surface area (TPSA) is 54.3 Å². The van der Waals surface area contributed by atoms with E-state index in [1.165, 1.54) is 12.8 Å². The van der Waals surface area contributed by atoms with E-state index in [4.69, 9.17) is 0 Å². The summed E-state index contributed by atoms with van der Waals surface area (Å²) in [6, 6.07) is 10.3. The predicted molar refractivity (Wildman–Crippen MR) is 131 cm³/mol. The molecule has 0 spiro atoms. The lowest BCUT2D eigenvalue weighted by atomic mass is 9.92. The maximum atomic E-state index is 13.9. The van der Waals surface area contributed by atoms with Crippen LogP contribution in [0.5, 0.6) is 0 Å². The number of carbonyl (C=O) groups excluding carboxylic acids is 2. The smallest absolute Gasteiger partial charge is 0.275 e. The minimum Gasteiger partial charge on any atom is -0.351 e. The van der Waals surface area contributed by atoms with Gasteiger partial charge in [0.15, 0.2) is 0 Å². The van der Waals surface area contributed by atoms with Gasteiger partial charge in [0.2, 0.25) is 5.91 Å². The molecule has 3 heterocycles. The summed E-state index contributed by atoms with van der Waals surface area (Å²) < 4.78 is 3.13. The van der Waals surface area contributed by atoms with Crippen LogP contribution in [0, 0.1) is 13.8 Å². The summed E-state index contributed by atoms with van der Waals surface area (Å²) in [5, 5.41) is 5.38. The van der Waals surface area contributed by atoms with E-state index in [2.05, 4.69) is 11.4 Å². The van der Waals surface area contributed by atoms with E-state index in [1.54, 1.807) is 16.2 Å². The van der Waals surface area contributed by atoms with Gasteiger partial charge in [0.05, 0.1) is 16.8 Å². The zero-order chi connectivity index (χ0) is 22.5. The molecule has 1 aromatic carbocycles. The number of carbonyl (C=O) groups is 2. The summed E-state index contributed by atoms with van der Waals surface area (Å²) in [5.74, 6) is -0.164. The van der Waals surface area contributed by atoms with Crippen molar-refractivity contribution in [2.75, 3.05) is 4.90 Å². The number of benzene rings is 1. The van der Waals surface area contributed by atoms with Gasteiger partial charge in [-0.25, -0.2) is 0 Å². The van der Waals surface area contributed by atoms with Gasteiger partial charge in [-0.05, 0) is 74.4 Å². The van der Waals surface area contributed by atoms with Crippen molar-refractivity contribution in [2.45, 2.75) is 77.4 Å². The van der Waals surface area contributed by atoms with Crippen molar-refractivity contribution in [1.29, 1.82) is 0 Å². The molecule has 32 heavy (non-hydrogen) atoms. The van der Waals surface area contributed by atoms with Crippen LogP contribution in [-0.2, 0) is 11.3 Å². The van der Waals surface area contributed by atoms with E-state index in [-0.39, 0.29) is 17.9 Å². The number of rotatable bonds is 3. The summed E-state index contributed by atoms with van der Waals surface area (Å²) >= 11 is 1.63. The second-order valence-electron chi connectivity index (χ2n) is 9.71. The van der Waals surface area contributed by atoms with Gasteiger partial charge in [-0.3, -0.25) is 14.5 Å². The van der Waals surface area contributed by atoms with Crippen LogP contribution >= 0.6 is 11.3 Å². The first-order valence-corrected chi connectivity index (χ1v) is 12.6.